The summed E-state index contributed by atoms with van der Waals surface area (Å²) in [5.41, 5.74) is 1.55. The highest BCUT2D eigenvalue weighted by Gasteiger charge is 2.13. The Bertz CT molecular complexity index is 524. The molecule has 0 bridgehead atoms. The number of carbonyl (C=O) groups is 1. The molecule has 6 nitrogen and oxygen atoms in total. The third-order valence-electron chi connectivity index (χ3n) is 2.50. The number of aromatic amines is 1. The molecular formula is C12H14N4O2. The van der Waals surface area contributed by atoms with Crippen LogP contribution in [-0.2, 0) is 4.74 Å². The number of anilines is 1. The summed E-state index contributed by atoms with van der Waals surface area (Å²) in [6, 6.07) is 9.51. The summed E-state index contributed by atoms with van der Waals surface area (Å²) in [6.45, 7) is 3.55. The molecule has 2 N–H and O–H groups in total. The van der Waals surface area contributed by atoms with E-state index < -0.39 is 6.09 Å². The normalized spacial score (nSPS) is 11.9. The minimum absolute atomic E-state index is 0.321. The molecule has 0 saturated heterocycles. The zero-order valence-corrected chi connectivity index (χ0v) is 10.2. The summed E-state index contributed by atoms with van der Waals surface area (Å²) >= 11 is 0. The molecule has 1 atom stereocenters. The Morgan fingerprint density at radius 2 is 2.06 bits per heavy atom. The van der Waals surface area contributed by atoms with Gasteiger partial charge in [0.05, 0.1) is 0 Å². The van der Waals surface area contributed by atoms with E-state index >= 15 is 0 Å². The molecule has 0 radical (unpaired) electrons. The molecule has 0 aliphatic rings. The number of rotatable bonds is 3. The first-order valence-corrected chi connectivity index (χ1v) is 5.57. The van der Waals surface area contributed by atoms with Crippen molar-refractivity contribution in [1.29, 1.82) is 0 Å². The van der Waals surface area contributed by atoms with Gasteiger partial charge in [0, 0.05) is 0 Å². The smallest absolute Gasteiger partial charge is 0.413 e. The van der Waals surface area contributed by atoms with E-state index in [1.165, 1.54) is 0 Å². The highest BCUT2D eigenvalue weighted by atomic mass is 16.6. The van der Waals surface area contributed by atoms with Crippen molar-refractivity contribution in [3.63, 3.8) is 0 Å². The maximum Gasteiger partial charge on any atom is 0.413 e. The number of nitrogens with one attached hydrogen (secondary N) is 2. The predicted molar refractivity (Wildman–Crippen MR) is 66.1 cm³/mol. The number of ether oxygens (including phenoxy) is 1. The van der Waals surface area contributed by atoms with Gasteiger partial charge in [0.15, 0.2) is 5.82 Å². The fourth-order valence-electron chi connectivity index (χ4n) is 1.48. The van der Waals surface area contributed by atoms with E-state index in [9.17, 15) is 4.79 Å². The summed E-state index contributed by atoms with van der Waals surface area (Å²) < 4.78 is 5.23. The van der Waals surface area contributed by atoms with Crippen LogP contribution in [0.15, 0.2) is 30.3 Å². The lowest BCUT2D eigenvalue weighted by atomic mass is 10.1. The van der Waals surface area contributed by atoms with E-state index in [1.807, 2.05) is 37.3 Å². The summed E-state index contributed by atoms with van der Waals surface area (Å²) in [5, 5.41) is 12.5. The third-order valence-corrected chi connectivity index (χ3v) is 2.50. The van der Waals surface area contributed by atoms with E-state index in [4.69, 9.17) is 4.74 Å². The molecule has 94 valence electrons. The lowest BCUT2D eigenvalue weighted by molar-refractivity contribution is 0.121. The zero-order chi connectivity index (χ0) is 13.0. The average Bonchev–Trinajstić information content (AvgIpc) is 2.76. The molecule has 2 rings (SSSR count). The Labute approximate surface area is 104 Å². The Morgan fingerprint density at radius 1 is 1.33 bits per heavy atom. The summed E-state index contributed by atoms with van der Waals surface area (Å²) in [4.78, 5) is 11.6. The average molecular weight is 246 g/mol. The largest absolute Gasteiger partial charge is 0.441 e. The van der Waals surface area contributed by atoms with Crippen molar-refractivity contribution >= 4 is 11.9 Å². The number of H-pyrrole nitrogens is 1. The molecular weight excluding hydrogens is 232 g/mol. The van der Waals surface area contributed by atoms with Crippen molar-refractivity contribution in [1.82, 2.24) is 15.4 Å². The summed E-state index contributed by atoms with van der Waals surface area (Å²) in [6.07, 6.45) is -0.873. The van der Waals surface area contributed by atoms with Crippen molar-refractivity contribution in [2.45, 2.75) is 20.0 Å². The van der Waals surface area contributed by atoms with Gasteiger partial charge in [0.1, 0.15) is 11.8 Å². The minimum Gasteiger partial charge on any atom is -0.441 e. The lowest BCUT2D eigenvalue weighted by Crippen LogP contribution is -2.16. The number of benzene rings is 1. The number of aromatic nitrogens is 3. The van der Waals surface area contributed by atoms with Gasteiger partial charge in [-0.2, -0.15) is 10.3 Å². The van der Waals surface area contributed by atoms with E-state index in [0.29, 0.717) is 11.5 Å². The van der Waals surface area contributed by atoms with Crippen molar-refractivity contribution in [2.75, 3.05) is 5.32 Å². The van der Waals surface area contributed by atoms with E-state index in [-0.39, 0.29) is 6.10 Å². The van der Waals surface area contributed by atoms with Crippen LogP contribution in [0.25, 0.3) is 0 Å². The molecule has 1 aromatic carbocycles. The second-order valence-electron chi connectivity index (χ2n) is 3.84. The highest BCUT2D eigenvalue weighted by Crippen LogP contribution is 2.17. The van der Waals surface area contributed by atoms with Crippen LogP contribution in [0.4, 0.5) is 10.6 Å². The number of hydrogen-bond acceptors (Lipinski definition) is 4. The van der Waals surface area contributed by atoms with Crippen LogP contribution in [0.1, 0.15) is 24.3 Å². The second-order valence-corrected chi connectivity index (χ2v) is 3.84. The van der Waals surface area contributed by atoms with Crippen LogP contribution < -0.4 is 5.32 Å². The molecule has 1 heterocycles. The molecule has 1 unspecified atom stereocenters. The molecule has 1 amide bonds. The second kappa shape index (κ2) is 5.31. The molecule has 2 aromatic rings. The monoisotopic (exact) mass is 246 g/mol. The van der Waals surface area contributed by atoms with Gasteiger partial charge in [0.2, 0.25) is 0 Å². The first kappa shape index (κ1) is 12.1. The van der Waals surface area contributed by atoms with E-state index in [0.717, 1.165) is 5.56 Å². The van der Waals surface area contributed by atoms with Crippen LogP contribution >= 0.6 is 0 Å². The fraction of sp³-hybridized carbons (Fsp3) is 0.250. The van der Waals surface area contributed by atoms with Crippen molar-refractivity contribution in [3.8, 4) is 0 Å². The first-order chi connectivity index (χ1) is 8.66. The molecule has 18 heavy (non-hydrogen) atoms. The van der Waals surface area contributed by atoms with Crippen LogP contribution in [0, 0.1) is 6.92 Å². The molecule has 1 aromatic heterocycles. The Kier molecular flexibility index (Phi) is 3.57. The van der Waals surface area contributed by atoms with Gasteiger partial charge in [0.25, 0.3) is 0 Å². The maximum absolute atomic E-state index is 11.6. The summed E-state index contributed by atoms with van der Waals surface area (Å²) in [5.74, 6) is 0.375. The maximum atomic E-state index is 11.6. The van der Waals surface area contributed by atoms with Gasteiger partial charge in [-0.1, -0.05) is 30.3 Å². The molecule has 0 fully saturated rings. The van der Waals surface area contributed by atoms with Gasteiger partial charge in [-0.05, 0) is 19.4 Å². The fourth-order valence-corrected chi connectivity index (χ4v) is 1.48. The van der Waals surface area contributed by atoms with Gasteiger partial charge in [-0.25, -0.2) is 4.79 Å². The predicted octanol–water partition coefficient (Wildman–Crippen LogP) is 2.42. The first-order valence-electron chi connectivity index (χ1n) is 5.57. The standard InChI is InChI=1S/C12H14N4O2/c1-8-11(15-16-14-8)13-12(17)18-9(2)10-6-4-3-5-7-10/h3-7,9H,1-2H3,(H2,13,14,15,16,17). The number of hydrogen-bond donors (Lipinski definition) is 2. The SMILES string of the molecule is Cc1n[nH]nc1NC(=O)OC(C)c1ccccc1. The quantitative estimate of drug-likeness (QED) is 0.871. The van der Waals surface area contributed by atoms with E-state index in [1.54, 1.807) is 6.92 Å². The Hall–Kier alpha value is -2.37. The van der Waals surface area contributed by atoms with Crippen LogP contribution in [0.2, 0.25) is 0 Å². The van der Waals surface area contributed by atoms with Gasteiger partial charge in [-0.3, -0.25) is 5.32 Å². The molecule has 6 heteroatoms. The van der Waals surface area contributed by atoms with Gasteiger partial charge in [-0.15, -0.1) is 5.10 Å². The number of aryl methyl sites for hydroxylation is 1. The molecule has 0 saturated carbocycles. The van der Waals surface area contributed by atoms with Crippen LogP contribution in [0.3, 0.4) is 0 Å². The molecule has 0 spiro atoms. The number of carbonyl (C=O) groups excluding carboxylic acids is 1. The topological polar surface area (TPSA) is 79.9 Å². The number of amides is 1. The van der Waals surface area contributed by atoms with Gasteiger partial charge < -0.3 is 4.74 Å². The van der Waals surface area contributed by atoms with Gasteiger partial charge >= 0.3 is 6.09 Å². The van der Waals surface area contributed by atoms with Crippen LogP contribution in [0.5, 0.6) is 0 Å². The summed E-state index contributed by atoms with van der Waals surface area (Å²) in [7, 11) is 0. The highest BCUT2D eigenvalue weighted by molar-refractivity contribution is 5.83. The Morgan fingerprint density at radius 3 is 2.67 bits per heavy atom. The van der Waals surface area contributed by atoms with E-state index in [2.05, 4.69) is 20.7 Å². The van der Waals surface area contributed by atoms with Crippen molar-refractivity contribution in [2.24, 2.45) is 0 Å². The van der Waals surface area contributed by atoms with Crippen molar-refractivity contribution < 1.29 is 9.53 Å². The minimum atomic E-state index is -0.552. The third kappa shape index (κ3) is 2.85. The lowest BCUT2D eigenvalue weighted by Gasteiger charge is -2.13. The molecule has 0 aliphatic carbocycles. The number of nitrogens with zero attached hydrogens (tertiary/aromatic N) is 2. The molecule has 0 aliphatic heterocycles. The van der Waals surface area contributed by atoms with Crippen LogP contribution in [-0.4, -0.2) is 21.5 Å². The Balaban J connectivity index is 1.94. The van der Waals surface area contributed by atoms with Crippen molar-refractivity contribution in [3.05, 3.63) is 41.6 Å². The zero-order valence-electron chi connectivity index (χ0n) is 10.2.